The van der Waals surface area contributed by atoms with E-state index >= 15 is 0 Å². The Kier molecular flexibility index (Phi) is 11.2. The van der Waals surface area contributed by atoms with Gasteiger partial charge < -0.3 is 25.2 Å². The van der Waals surface area contributed by atoms with Crippen molar-refractivity contribution in [3.05, 3.63) is 131 Å². The number of cyclic esters (lactones) is 1. The lowest BCUT2D eigenvalue weighted by Crippen LogP contribution is -2.51. The average molecular weight is 636 g/mol. The van der Waals surface area contributed by atoms with Gasteiger partial charge in [0, 0.05) is 11.7 Å². The molecule has 1 heterocycles. The number of rotatable bonds is 14. The Morgan fingerprint density at radius 1 is 0.830 bits per heavy atom. The van der Waals surface area contributed by atoms with E-state index in [4.69, 9.17) is 9.47 Å². The first-order valence-electron chi connectivity index (χ1n) is 15.8. The molecule has 4 aromatic carbocycles. The Hall–Kier alpha value is -5.15. The van der Waals surface area contributed by atoms with Gasteiger partial charge in [0.2, 0.25) is 0 Å². The normalized spacial score (nSPS) is 16.1. The molecule has 0 radical (unpaired) electrons. The van der Waals surface area contributed by atoms with E-state index in [1.165, 1.54) is 4.90 Å². The lowest BCUT2D eigenvalue weighted by Gasteiger charge is -2.29. The topological polar surface area (TPSA) is 117 Å². The van der Waals surface area contributed by atoms with Gasteiger partial charge in [0.1, 0.15) is 5.75 Å². The van der Waals surface area contributed by atoms with Crippen molar-refractivity contribution in [2.75, 3.05) is 18.1 Å². The Morgan fingerprint density at radius 2 is 1.40 bits per heavy atom. The molecule has 0 saturated carbocycles. The maximum absolute atomic E-state index is 13.5. The van der Waals surface area contributed by atoms with Crippen LogP contribution < -0.4 is 20.3 Å². The average Bonchev–Trinajstić information content (AvgIpc) is 3.47. The number of hydrogen-bond acceptors (Lipinski definition) is 6. The van der Waals surface area contributed by atoms with E-state index in [0.717, 1.165) is 22.3 Å². The van der Waals surface area contributed by atoms with Crippen LogP contribution in [-0.2, 0) is 27.2 Å². The van der Waals surface area contributed by atoms with Crippen molar-refractivity contribution in [2.45, 2.75) is 57.4 Å². The molecule has 0 aliphatic carbocycles. The summed E-state index contributed by atoms with van der Waals surface area (Å²) in [6.07, 6.45) is -1.70. The molecule has 1 aliphatic heterocycles. The summed E-state index contributed by atoms with van der Waals surface area (Å²) in [6.45, 7) is 3.71. The Morgan fingerprint density at radius 3 is 2.02 bits per heavy atom. The second-order valence-corrected chi connectivity index (χ2v) is 11.9. The van der Waals surface area contributed by atoms with Crippen LogP contribution in [0.1, 0.15) is 28.7 Å². The molecular formula is C38H41N3O6. The van der Waals surface area contributed by atoms with Crippen LogP contribution in [0.25, 0.3) is 0 Å². The third-order valence-corrected chi connectivity index (χ3v) is 8.24. The summed E-state index contributed by atoms with van der Waals surface area (Å²) in [7, 11) is 0. The number of amides is 3. The molecule has 47 heavy (non-hydrogen) atoms. The molecule has 3 N–H and O–H groups in total. The van der Waals surface area contributed by atoms with Gasteiger partial charge in [-0.3, -0.25) is 14.5 Å². The van der Waals surface area contributed by atoms with E-state index in [2.05, 4.69) is 10.6 Å². The highest BCUT2D eigenvalue weighted by Gasteiger charge is 2.38. The maximum atomic E-state index is 13.5. The fourth-order valence-electron chi connectivity index (χ4n) is 5.82. The first kappa shape index (κ1) is 33.2. The monoisotopic (exact) mass is 635 g/mol. The molecule has 0 spiro atoms. The standard InChI is InChI=1S/C38H41N3O6/c1-26-13-12-14-27(2)36(26)46-25-35(43)40-32(22-29-17-8-4-9-18-29)33(42)23-30(21-28-15-6-3-7-16-28)39-37(44)34-24-41(38(45)47-34)31-19-10-5-11-20-31/h3-20,30,32-34,42H,21-25H2,1-2H3,(H,39,44)(H,40,43)/t30-,32-,33-,34+/m0/s1. The van der Waals surface area contributed by atoms with Gasteiger partial charge in [-0.15, -0.1) is 0 Å². The van der Waals surface area contributed by atoms with E-state index < -0.39 is 36.3 Å². The van der Waals surface area contributed by atoms with Crippen molar-refractivity contribution in [3.63, 3.8) is 0 Å². The molecule has 4 atom stereocenters. The van der Waals surface area contributed by atoms with Crippen LogP contribution in [0.2, 0.25) is 0 Å². The number of aryl methyl sites for hydroxylation is 2. The zero-order valence-electron chi connectivity index (χ0n) is 26.7. The van der Waals surface area contributed by atoms with E-state index in [-0.39, 0.29) is 25.5 Å². The predicted octanol–water partition coefficient (Wildman–Crippen LogP) is 4.91. The molecule has 244 valence electrons. The summed E-state index contributed by atoms with van der Waals surface area (Å²) in [5, 5.41) is 17.7. The van der Waals surface area contributed by atoms with Gasteiger partial charge in [0.25, 0.3) is 11.8 Å². The molecule has 3 amide bonds. The van der Waals surface area contributed by atoms with Gasteiger partial charge >= 0.3 is 6.09 Å². The van der Waals surface area contributed by atoms with Crippen molar-refractivity contribution in [3.8, 4) is 5.75 Å². The fraction of sp³-hybridized carbons (Fsp3) is 0.289. The van der Waals surface area contributed by atoms with Crippen LogP contribution in [0.4, 0.5) is 10.5 Å². The third-order valence-electron chi connectivity index (χ3n) is 8.24. The van der Waals surface area contributed by atoms with E-state index in [9.17, 15) is 19.5 Å². The summed E-state index contributed by atoms with van der Waals surface area (Å²) in [5.41, 5.74) is 4.40. The molecular weight excluding hydrogens is 594 g/mol. The number of nitrogens with one attached hydrogen (secondary N) is 2. The summed E-state index contributed by atoms with van der Waals surface area (Å²) < 4.78 is 11.3. The molecule has 0 bridgehead atoms. The van der Waals surface area contributed by atoms with Gasteiger partial charge in [-0.25, -0.2) is 4.79 Å². The van der Waals surface area contributed by atoms with Crippen LogP contribution >= 0.6 is 0 Å². The van der Waals surface area contributed by atoms with Crippen molar-refractivity contribution < 1.29 is 29.0 Å². The number of carbonyl (C=O) groups excluding carboxylic acids is 3. The van der Waals surface area contributed by atoms with Gasteiger partial charge in [0.15, 0.2) is 12.7 Å². The summed E-state index contributed by atoms with van der Waals surface area (Å²) in [5.74, 6) is -0.155. The van der Waals surface area contributed by atoms with Crippen LogP contribution in [0, 0.1) is 13.8 Å². The molecule has 5 rings (SSSR count). The lowest BCUT2D eigenvalue weighted by molar-refractivity contribution is -0.129. The maximum Gasteiger partial charge on any atom is 0.415 e. The van der Waals surface area contributed by atoms with Gasteiger partial charge in [-0.05, 0) is 67.5 Å². The fourth-order valence-corrected chi connectivity index (χ4v) is 5.82. The minimum Gasteiger partial charge on any atom is -0.483 e. The molecule has 4 aromatic rings. The molecule has 0 aromatic heterocycles. The number of hydrogen-bond donors (Lipinski definition) is 3. The summed E-state index contributed by atoms with van der Waals surface area (Å²) in [4.78, 5) is 40.7. The molecule has 9 nitrogen and oxygen atoms in total. The van der Waals surface area contributed by atoms with E-state index in [1.54, 1.807) is 12.1 Å². The van der Waals surface area contributed by atoms with Crippen LogP contribution in [0.15, 0.2) is 109 Å². The van der Waals surface area contributed by atoms with Crippen LogP contribution in [-0.4, -0.2) is 60.5 Å². The number of anilines is 1. The van der Waals surface area contributed by atoms with Crippen molar-refractivity contribution in [1.29, 1.82) is 0 Å². The predicted molar refractivity (Wildman–Crippen MR) is 180 cm³/mol. The highest BCUT2D eigenvalue weighted by molar-refractivity contribution is 5.95. The number of para-hydroxylation sites is 2. The highest BCUT2D eigenvalue weighted by atomic mass is 16.6. The van der Waals surface area contributed by atoms with Gasteiger partial charge in [0.05, 0.1) is 18.7 Å². The smallest absolute Gasteiger partial charge is 0.415 e. The molecule has 0 unspecified atom stereocenters. The third kappa shape index (κ3) is 9.20. The van der Waals surface area contributed by atoms with Gasteiger partial charge in [-0.2, -0.15) is 0 Å². The number of benzene rings is 4. The molecule has 9 heteroatoms. The zero-order valence-corrected chi connectivity index (χ0v) is 26.7. The van der Waals surface area contributed by atoms with E-state index in [0.29, 0.717) is 24.3 Å². The van der Waals surface area contributed by atoms with Crippen molar-refractivity contribution in [1.82, 2.24) is 10.6 Å². The van der Waals surface area contributed by atoms with Crippen LogP contribution in [0.5, 0.6) is 5.75 Å². The Balaban J connectivity index is 1.29. The number of aliphatic hydroxyl groups is 1. The highest BCUT2D eigenvalue weighted by Crippen LogP contribution is 2.23. The second kappa shape index (κ2) is 15.9. The molecule has 1 fully saturated rings. The number of aliphatic hydroxyl groups excluding tert-OH is 1. The SMILES string of the molecule is Cc1cccc(C)c1OCC(=O)N[C@@H](Cc1ccccc1)[C@@H](O)C[C@H](Cc1ccccc1)NC(=O)[C@H]1CN(c2ccccc2)C(=O)O1. The van der Waals surface area contributed by atoms with Crippen molar-refractivity contribution >= 4 is 23.6 Å². The summed E-state index contributed by atoms with van der Waals surface area (Å²) in [6, 6.07) is 32.9. The Bertz CT molecular complexity index is 1610. The van der Waals surface area contributed by atoms with Crippen molar-refractivity contribution in [2.24, 2.45) is 0 Å². The minimum absolute atomic E-state index is 0.0718. The minimum atomic E-state index is -1.03. The zero-order chi connectivity index (χ0) is 33.2. The number of nitrogens with zero attached hydrogens (tertiary/aromatic N) is 1. The second-order valence-electron chi connectivity index (χ2n) is 11.9. The largest absolute Gasteiger partial charge is 0.483 e. The number of carbonyl (C=O) groups is 3. The van der Waals surface area contributed by atoms with Crippen LogP contribution in [0.3, 0.4) is 0 Å². The quantitative estimate of drug-likeness (QED) is 0.181. The molecule has 1 saturated heterocycles. The van der Waals surface area contributed by atoms with E-state index in [1.807, 2.05) is 111 Å². The number of ether oxygens (including phenoxy) is 2. The summed E-state index contributed by atoms with van der Waals surface area (Å²) >= 11 is 0. The Labute approximate surface area is 275 Å². The molecule has 1 aliphatic rings. The first-order valence-corrected chi connectivity index (χ1v) is 15.8. The lowest BCUT2D eigenvalue weighted by atomic mass is 9.93. The van der Waals surface area contributed by atoms with Gasteiger partial charge in [-0.1, -0.05) is 97.1 Å². The first-order chi connectivity index (χ1) is 22.8.